The van der Waals surface area contributed by atoms with E-state index >= 15 is 0 Å². The molecule has 18 heavy (non-hydrogen) atoms. The van der Waals surface area contributed by atoms with Crippen molar-refractivity contribution in [1.82, 2.24) is 9.80 Å². The SMILES string of the molecule is CC1CN(C)CCCN1C(CO)C(N)C(C)(C)C. The Morgan fingerprint density at radius 3 is 2.44 bits per heavy atom. The van der Waals surface area contributed by atoms with Crippen molar-refractivity contribution in [2.75, 3.05) is 33.3 Å². The summed E-state index contributed by atoms with van der Waals surface area (Å²) in [6.07, 6.45) is 1.15. The first-order valence-corrected chi connectivity index (χ1v) is 7.08. The Morgan fingerprint density at radius 2 is 1.94 bits per heavy atom. The molecule has 4 nitrogen and oxygen atoms in total. The number of aliphatic hydroxyl groups excluding tert-OH is 1. The highest BCUT2D eigenvalue weighted by atomic mass is 16.3. The summed E-state index contributed by atoms with van der Waals surface area (Å²) in [5.74, 6) is 0. The molecule has 0 bridgehead atoms. The molecule has 1 rings (SSSR count). The molecule has 1 aliphatic heterocycles. The minimum absolute atomic E-state index is 0.00615. The smallest absolute Gasteiger partial charge is 0.0602 e. The summed E-state index contributed by atoms with van der Waals surface area (Å²) >= 11 is 0. The van der Waals surface area contributed by atoms with Crippen molar-refractivity contribution in [1.29, 1.82) is 0 Å². The molecule has 0 aliphatic carbocycles. The second-order valence-electron chi connectivity index (χ2n) is 6.84. The number of aliphatic hydroxyl groups is 1. The van der Waals surface area contributed by atoms with Crippen molar-refractivity contribution in [2.24, 2.45) is 11.1 Å². The van der Waals surface area contributed by atoms with Gasteiger partial charge >= 0.3 is 0 Å². The molecule has 0 aromatic rings. The maximum atomic E-state index is 9.75. The number of nitrogens with zero attached hydrogens (tertiary/aromatic N) is 2. The van der Waals surface area contributed by atoms with Crippen molar-refractivity contribution in [3.63, 3.8) is 0 Å². The average molecular weight is 257 g/mol. The van der Waals surface area contributed by atoms with E-state index in [4.69, 9.17) is 5.73 Å². The summed E-state index contributed by atoms with van der Waals surface area (Å²) in [4.78, 5) is 4.77. The van der Waals surface area contributed by atoms with Gasteiger partial charge in [-0.05, 0) is 32.4 Å². The van der Waals surface area contributed by atoms with Crippen molar-refractivity contribution < 1.29 is 5.11 Å². The van der Waals surface area contributed by atoms with Gasteiger partial charge in [0, 0.05) is 31.2 Å². The Morgan fingerprint density at radius 1 is 1.33 bits per heavy atom. The number of nitrogens with two attached hydrogens (primary N) is 1. The Hall–Kier alpha value is -0.160. The quantitative estimate of drug-likeness (QED) is 0.783. The highest BCUT2D eigenvalue weighted by Crippen LogP contribution is 2.25. The van der Waals surface area contributed by atoms with Crippen LogP contribution in [0.5, 0.6) is 0 Å². The molecule has 0 aromatic carbocycles. The van der Waals surface area contributed by atoms with Crippen LogP contribution >= 0.6 is 0 Å². The molecular formula is C14H31N3O. The number of hydrogen-bond donors (Lipinski definition) is 2. The zero-order chi connectivity index (χ0) is 13.9. The molecule has 3 unspecified atom stereocenters. The van der Waals surface area contributed by atoms with Crippen LogP contribution in [0.4, 0.5) is 0 Å². The van der Waals surface area contributed by atoms with Crippen LogP contribution in [-0.4, -0.2) is 66.3 Å². The van der Waals surface area contributed by atoms with Crippen molar-refractivity contribution >= 4 is 0 Å². The zero-order valence-corrected chi connectivity index (χ0v) is 12.7. The number of likely N-dealkylation sites (N-methyl/N-ethyl adjacent to an activating group) is 1. The lowest BCUT2D eigenvalue weighted by Gasteiger charge is -2.42. The van der Waals surface area contributed by atoms with Crippen LogP contribution in [0.3, 0.4) is 0 Å². The maximum Gasteiger partial charge on any atom is 0.0602 e. The van der Waals surface area contributed by atoms with Gasteiger partial charge < -0.3 is 15.7 Å². The molecule has 0 aromatic heterocycles. The van der Waals surface area contributed by atoms with Gasteiger partial charge in [-0.25, -0.2) is 0 Å². The van der Waals surface area contributed by atoms with E-state index in [1.807, 2.05) is 0 Å². The van der Waals surface area contributed by atoms with Gasteiger partial charge in [-0.2, -0.15) is 0 Å². The third kappa shape index (κ3) is 3.92. The lowest BCUT2D eigenvalue weighted by Crippen LogP contribution is -2.58. The van der Waals surface area contributed by atoms with E-state index in [-0.39, 0.29) is 24.1 Å². The lowest BCUT2D eigenvalue weighted by atomic mass is 9.82. The fourth-order valence-electron chi connectivity index (χ4n) is 2.89. The minimum atomic E-state index is -0.00615. The third-order valence-corrected chi connectivity index (χ3v) is 4.13. The van der Waals surface area contributed by atoms with E-state index in [0.29, 0.717) is 6.04 Å². The molecule has 0 amide bonds. The largest absolute Gasteiger partial charge is 0.395 e. The molecule has 1 fully saturated rings. The first-order chi connectivity index (χ1) is 8.27. The second-order valence-corrected chi connectivity index (χ2v) is 6.84. The van der Waals surface area contributed by atoms with Gasteiger partial charge in [-0.3, -0.25) is 4.90 Å². The van der Waals surface area contributed by atoms with E-state index in [1.165, 1.54) is 0 Å². The van der Waals surface area contributed by atoms with Crippen molar-refractivity contribution in [2.45, 2.75) is 52.2 Å². The number of hydrogen-bond acceptors (Lipinski definition) is 4. The maximum absolute atomic E-state index is 9.75. The molecule has 0 spiro atoms. The van der Waals surface area contributed by atoms with Gasteiger partial charge in [-0.1, -0.05) is 20.8 Å². The van der Waals surface area contributed by atoms with Crippen LogP contribution in [0.1, 0.15) is 34.1 Å². The Balaban J connectivity index is 2.80. The average Bonchev–Trinajstić information content (AvgIpc) is 2.40. The molecule has 108 valence electrons. The summed E-state index contributed by atoms with van der Waals surface area (Å²) in [7, 11) is 2.16. The molecule has 3 N–H and O–H groups in total. The van der Waals surface area contributed by atoms with E-state index in [1.54, 1.807) is 0 Å². The Bertz CT molecular complexity index is 252. The third-order valence-electron chi connectivity index (χ3n) is 4.13. The predicted molar refractivity (Wildman–Crippen MR) is 76.6 cm³/mol. The molecule has 4 heteroatoms. The lowest BCUT2D eigenvalue weighted by molar-refractivity contribution is 0.0469. The molecule has 1 saturated heterocycles. The van der Waals surface area contributed by atoms with Crippen LogP contribution in [0.25, 0.3) is 0 Å². The first kappa shape index (κ1) is 15.9. The summed E-state index contributed by atoms with van der Waals surface area (Å²) in [5.41, 5.74) is 6.39. The summed E-state index contributed by atoms with van der Waals surface area (Å²) in [6.45, 7) is 12.0. The van der Waals surface area contributed by atoms with E-state index < -0.39 is 0 Å². The fourth-order valence-corrected chi connectivity index (χ4v) is 2.89. The van der Waals surface area contributed by atoms with Crippen LogP contribution in [0, 0.1) is 5.41 Å². The van der Waals surface area contributed by atoms with Crippen molar-refractivity contribution in [3.8, 4) is 0 Å². The van der Waals surface area contributed by atoms with Gasteiger partial charge in [0.15, 0.2) is 0 Å². The normalized spacial score (nSPS) is 27.8. The highest BCUT2D eigenvalue weighted by Gasteiger charge is 2.35. The van der Waals surface area contributed by atoms with Gasteiger partial charge in [0.25, 0.3) is 0 Å². The topological polar surface area (TPSA) is 52.7 Å². The van der Waals surface area contributed by atoms with Gasteiger partial charge in [0.1, 0.15) is 0 Å². The summed E-state index contributed by atoms with van der Waals surface area (Å²) < 4.78 is 0. The Labute approximate surface area is 112 Å². The van der Waals surface area contributed by atoms with Gasteiger partial charge in [-0.15, -0.1) is 0 Å². The Kier molecular flexibility index (Phi) is 5.59. The molecule has 3 atom stereocenters. The first-order valence-electron chi connectivity index (χ1n) is 7.08. The van der Waals surface area contributed by atoms with Crippen LogP contribution in [-0.2, 0) is 0 Å². The fraction of sp³-hybridized carbons (Fsp3) is 1.00. The molecule has 0 radical (unpaired) electrons. The molecular weight excluding hydrogens is 226 g/mol. The molecule has 0 saturated carbocycles. The highest BCUT2D eigenvalue weighted by molar-refractivity contribution is 4.92. The van der Waals surface area contributed by atoms with Crippen LogP contribution < -0.4 is 5.73 Å². The number of rotatable bonds is 3. The zero-order valence-electron chi connectivity index (χ0n) is 12.7. The summed E-state index contributed by atoms with van der Waals surface area (Å²) in [5, 5.41) is 9.75. The standard InChI is InChI=1S/C14H31N3O/c1-11-9-16(5)7-6-8-17(11)12(10-18)13(15)14(2,3)4/h11-13,18H,6-10,15H2,1-5H3. The van der Waals surface area contributed by atoms with Crippen LogP contribution in [0.15, 0.2) is 0 Å². The van der Waals surface area contributed by atoms with Crippen molar-refractivity contribution in [3.05, 3.63) is 0 Å². The minimum Gasteiger partial charge on any atom is -0.395 e. The molecule has 1 heterocycles. The summed E-state index contributed by atoms with van der Waals surface area (Å²) in [6, 6.07) is 0.503. The van der Waals surface area contributed by atoms with Gasteiger partial charge in [0.05, 0.1) is 6.61 Å². The predicted octanol–water partition coefficient (Wildman–Crippen LogP) is 0.747. The van der Waals surface area contributed by atoms with E-state index in [0.717, 1.165) is 26.1 Å². The van der Waals surface area contributed by atoms with E-state index in [2.05, 4.69) is 44.5 Å². The van der Waals surface area contributed by atoms with Gasteiger partial charge in [0.2, 0.25) is 0 Å². The second kappa shape index (κ2) is 6.33. The monoisotopic (exact) mass is 257 g/mol. The van der Waals surface area contributed by atoms with E-state index in [9.17, 15) is 5.11 Å². The van der Waals surface area contributed by atoms with Crippen LogP contribution in [0.2, 0.25) is 0 Å². The molecule has 1 aliphatic rings.